The summed E-state index contributed by atoms with van der Waals surface area (Å²) >= 11 is 0. The van der Waals surface area contributed by atoms with Gasteiger partial charge >= 0.3 is 11.9 Å². The molecule has 0 aliphatic carbocycles. The lowest BCUT2D eigenvalue weighted by atomic mass is 9.84. The predicted octanol–water partition coefficient (Wildman–Crippen LogP) is 4.74. The van der Waals surface area contributed by atoms with E-state index >= 15 is 0 Å². The Kier molecular flexibility index (Phi) is 5.22. The van der Waals surface area contributed by atoms with E-state index in [1.54, 1.807) is 41.7 Å². The van der Waals surface area contributed by atoms with E-state index in [4.69, 9.17) is 0 Å². The molecular formula is C27H29N6O3. The smallest absolute Gasteiger partial charge is 0.363 e. The summed E-state index contributed by atoms with van der Waals surface area (Å²) in [7, 11) is 1.65. The number of carbonyl (C=O) groups excluding carboxylic acids is 1. The lowest BCUT2D eigenvalue weighted by Crippen LogP contribution is -2.53. The van der Waals surface area contributed by atoms with Crippen LogP contribution in [0.5, 0.6) is 0 Å². The lowest BCUT2D eigenvalue weighted by molar-refractivity contribution is -0.539. The Morgan fingerprint density at radius 1 is 0.889 bits per heavy atom. The SMILES string of the molecule is CC1=NN(c2cc3ccc4cc(C5=[N+]([O-])C(C)(C)C(C)(C)N5[O])cc(ccc(c2)c3)c4)C(=O)N(C)N1. The zero-order valence-corrected chi connectivity index (χ0v) is 21.2. The Bertz CT molecular complexity index is 1450. The molecule has 2 aliphatic heterocycles. The number of amidine groups is 2. The van der Waals surface area contributed by atoms with E-state index in [9.17, 15) is 15.2 Å². The minimum atomic E-state index is -0.887. The van der Waals surface area contributed by atoms with Crippen LogP contribution in [0.4, 0.5) is 10.5 Å². The summed E-state index contributed by atoms with van der Waals surface area (Å²) in [5.41, 5.74) is 2.33. The standard InChI is InChI=1S/C27H29N6O3/c1-17-28-30(6)25(34)31(29-17)23-15-20-9-7-18-11-19(8-10-21(12-20)16-23)14-22(13-18)24-32(35)26(2,3)27(4,5)33(24)36/h7-16H,1-6H3,(H,28,29). The number of hydrogen-bond acceptors (Lipinski definition) is 5. The van der Waals surface area contributed by atoms with E-state index in [1.807, 2.05) is 60.7 Å². The number of anilines is 1. The molecule has 3 aromatic carbocycles. The molecule has 2 aliphatic rings. The van der Waals surface area contributed by atoms with Gasteiger partial charge in [-0.15, -0.1) is 5.10 Å². The van der Waals surface area contributed by atoms with E-state index in [0.29, 0.717) is 17.1 Å². The molecule has 1 radical (unpaired) electrons. The van der Waals surface area contributed by atoms with Gasteiger partial charge in [0.2, 0.25) is 0 Å². The Balaban J connectivity index is 1.67. The van der Waals surface area contributed by atoms with Gasteiger partial charge in [-0.2, -0.15) is 5.01 Å². The van der Waals surface area contributed by atoms with Crippen LogP contribution in [0.3, 0.4) is 0 Å². The minimum absolute atomic E-state index is 0.113. The van der Waals surface area contributed by atoms with Gasteiger partial charge in [-0.25, -0.2) is 9.80 Å². The average Bonchev–Trinajstić information content (AvgIpc) is 2.94. The Morgan fingerprint density at radius 2 is 1.39 bits per heavy atom. The van der Waals surface area contributed by atoms with Crippen LogP contribution in [0.1, 0.15) is 40.2 Å². The number of hydrogen-bond donors (Lipinski definition) is 1. The van der Waals surface area contributed by atoms with Gasteiger partial charge in [0.25, 0.3) is 0 Å². The maximum Gasteiger partial charge on any atom is 0.363 e. The van der Waals surface area contributed by atoms with Crippen molar-refractivity contribution in [1.29, 1.82) is 0 Å². The van der Waals surface area contributed by atoms with Crippen LogP contribution in [0.25, 0.3) is 21.5 Å². The summed E-state index contributed by atoms with van der Waals surface area (Å²) < 4.78 is 0.834. The second-order valence-electron chi connectivity index (χ2n) is 10.4. The van der Waals surface area contributed by atoms with Gasteiger partial charge in [-0.05, 0) is 92.6 Å². The number of hydrazone groups is 1. The maximum absolute atomic E-state index is 13.2. The van der Waals surface area contributed by atoms with Gasteiger partial charge in [0, 0.05) is 12.3 Å². The zero-order chi connectivity index (χ0) is 26.0. The molecule has 0 spiro atoms. The molecule has 2 heterocycles. The summed E-state index contributed by atoms with van der Waals surface area (Å²) in [6.45, 7) is 8.95. The van der Waals surface area contributed by atoms with Crippen LogP contribution >= 0.6 is 0 Å². The van der Waals surface area contributed by atoms with Gasteiger partial charge in [-0.1, -0.05) is 29.3 Å². The third kappa shape index (κ3) is 3.63. The van der Waals surface area contributed by atoms with Crippen molar-refractivity contribution in [2.45, 2.75) is 45.7 Å². The largest absolute Gasteiger partial charge is 0.714 e. The summed E-state index contributed by atoms with van der Waals surface area (Å²) in [4.78, 5) is 12.7. The van der Waals surface area contributed by atoms with E-state index in [1.165, 1.54) is 10.0 Å². The second kappa shape index (κ2) is 7.96. The molecule has 3 aromatic rings. The fraction of sp³-hybridized carbons (Fsp3) is 0.296. The van der Waals surface area contributed by atoms with Gasteiger partial charge in [-0.3, -0.25) is 10.2 Å². The fourth-order valence-corrected chi connectivity index (χ4v) is 4.52. The predicted molar refractivity (Wildman–Crippen MR) is 141 cm³/mol. The highest BCUT2D eigenvalue weighted by atomic mass is 16.5. The quantitative estimate of drug-likeness (QED) is 0.419. The first-order valence-corrected chi connectivity index (χ1v) is 11.8. The topological polar surface area (TPSA) is 97.1 Å². The van der Waals surface area contributed by atoms with E-state index < -0.39 is 11.1 Å². The molecule has 0 saturated heterocycles. The van der Waals surface area contributed by atoms with Gasteiger partial charge in [0.1, 0.15) is 11.4 Å². The number of fused-ring (bicyclic) bond motifs is 4. The molecule has 0 fully saturated rings. The summed E-state index contributed by atoms with van der Waals surface area (Å²) in [5, 5.41) is 37.8. The van der Waals surface area contributed by atoms with Crippen molar-refractivity contribution in [2.24, 2.45) is 5.10 Å². The molecule has 0 saturated carbocycles. The Hall–Kier alpha value is -4.11. The molecule has 1 N–H and O–H groups in total. The van der Waals surface area contributed by atoms with Gasteiger partial charge < -0.3 is 5.21 Å². The highest BCUT2D eigenvalue weighted by Gasteiger charge is 2.59. The first-order valence-electron chi connectivity index (χ1n) is 11.8. The molecule has 0 unspecified atom stereocenters. The minimum Gasteiger partial charge on any atom is -0.714 e. The van der Waals surface area contributed by atoms with E-state index in [-0.39, 0.29) is 11.9 Å². The normalized spacial score (nSPS) is 19.1. The van der Waals surface area contributed by atoms with Crippen LogP contribution < -0.4 is 10.4 Å². The summed E-state index contributed by atoms with van der Waals surface area (Å²) in [6, 6.07) is 19.0. The molecular weight excluding hydrogens is 456 g/mol. The highest BCUT2D eigenvalue weighted by Crippen LogP contribution is 2.37. The monoisotopic (exact) mass is 485 g/mol. The molecule has 9 heteroatoms. The third-order valence-corrected chi connectivity index (χ3v) is 7.32. The van der Waals surface area contributed by atoms with Crippen molar-refractivity contribution in [3.8, 4) is 0 Å². The molecule has 0 aromatic heterocycles. The third-order valence-electron chi connectivity index (χ3n) is 7.32. The number of benzene rings is 2. The van der Waals surface area contributed by atoms with Crippen molar-refractivity contribution < 1.29 is 14.7 Å². The first kappa shape index (κ1) is 23.6. The fourth-order valence-electron chi connectivity index (χ4n) is 4.52. The summed E-state index contributed by atoms with van der Waals surface area (Å²) in [6.07, 6.45) is 0. The highest BCUT2D eigenvalue weighted by molar-refractivity contribution is 6.00. The van der Waals surface area contributed by atoms with Crippen molar-refractivity contribution in [2.75, 3.05) is 12.1 Å². The lowest BCUT2D eigenvalue weighted by Gasteiger charge is -2.32. The molecule has 9 nitrogen and oxygen atoms in total. The molecule has 4 bridgehead atoms. The van der Waals surface area contributed by atoms with Crippen molar-refractivity contribution in [1.82, 2.24) is 15.5 Å². The second-order valence-corrected chi connectivity index (χ2v) is 10.4. The van der Waals surface area contributed by atoms with Crippen LogP contribution in [0, 0.1) is 5.21 Å². The first-order chi connectivity index (χ1) is 16.9. The molecule has 185 valence electrons. The number of hydrazine groups is 1. The van der Waals surface area contributed by atoms with Crippen molar-refractivity contribution in [3.63, 3.8) is 0 Å². The number of hydroxylamine groups is 3. The van der Waals surface area contributed by atoms with Crippen LogP contribution in [-0.2, 0) is 5.21 Å². The van der Waals surface area contributed by atoms with Crippen LogP contribution in [0.15, 0.2) is 65.8 Å². The average molecular weight is 486 g/mol. The zero-order valence-electron chi connectivity index (χ0n) is 21.2. The van der Waals surface area contributed by atoms with E-state index in [0.717, 1.165) is 31.3 Å². The molecule has 0 atom stereocenters. The van der Waals surface area contributed by atoms with Crippen molar-refractivity contribution >= 4 is 44.9 Å². The number of amides is 2. The van der Waals surface area contributed by atoms with Crippen LogP contribution in [0.2, 0.25) is 0 Å². The van der Waals surface area contributed by atoms with Crippen molar-refractivity contribution in [3.05, 3.63) is 71.4 Å². The Labute approximate surface area is 209 Å². The number of nitrogens with one attached hydrogen (secondary N) is 1. The number of carbonyl (C=O) groups is 1. The Morgan fingerprint density at radius 3 is 1.86 bits per heavy atom. The molecule has 5 rings (SSSR count). The number of rotatable bonds is 2. The van der Waals surface area contributed by atoms with Gasteiger partial charge in [0.05, 0.1) is 11.3 Å². The van der Waals surface area contributed by atoms with Crippen LogP contribution in [-0.4, -0.2) is 50.6 Å². The maximum atomic E-state index is 13.2. The number of urea groups is 1. The van der Waals surface area contributed by atoms with E-state index in [2.05, 4.69) is 10.5 Å². The van der Waals surface area contributed by atoms with Gasteiger partial charge in [0.15, 0.2) is 5.54 Å². The molecule has 36 heavy (non-hydrogen) atoms. The number of nitrogens with zero attached hydrogens (tertiary/aromatic N) is 5. The summed E-state index contributed by atoms with van der Waals surface area (Å²) in [5.74, 6) is 0.719. The molecule has 2 amide bonds.